The fraction of sp³-hybridized carbons (Fsp3) is 0. The van der Waals surface area contributed by atoms with Gasteiger partial charge >= 0.3 is 7.48 Å². The van der Waals surface area contributed by atoms with Gasteiger partial charge in [-0.2, -0.15) is 0 Å². The molecular formula is C18H13BO2. The van der Waals surface area contributed by atoms with Crippen LogP contribution in [0.4, 0.5) is 0 Å². The summed E-state index contributed by atoms with van der Waals surface area (Å²) in [6, 6.07) is 22.3. The lowest BCUT2D eigenvalue weighted by atomic mass is 9.85. The molecule has 100 valence electrons. The van der Waals surface area contributed by atoms with Crippen molar-refractivity contribution in [2.24, 2.45) is 0 Å². The Kier molecular flexibility index (Phi) is 2.79. The molecule has 21 heavy (non-hydrogen) atoms. The third kappa shape index (κ3) is 1.94. The highest BCUT2D eigenvalue weighted by atomic mass is 16.3. The monoisotopic (exact) mass is 272 g/mol. The van der Waals surface area contributed by atoms with Crippen molar-refractivity contribution in [1.82, 2.24) is 0 Å². The zero-order valence-corrected chi connectivity index (χ0v) is 11.4. The van der Waals surface area contributed by atoms with Crippen LogP contribution in [-0.4, -0.2) is 12.5 Å². The van der Waals surface area contributed by atoms with Crippen LogP contribution < -0.4 is 5.46 Å². The lowest BCUT2D eigenvalue weighted by Gasteiger charge is -2.01. The van der Waals surface area contributed by atoms with Gasteiger partial charge in [0.05, 0.1) is 0 Å². The molecule has 0 aliphatic rings. The number of fused-ring (bicyclic) bond motifs is 3. The summed E-state index contributed by atoms with van der Waals surface area (Å²) in [6.07, 6.45) is 0. The molecule has 4 rings (SSSR count). The molecule has 0 aliphatic heterocycles. The first-order valence-corrected chi connectivity index (χ1v) is 6.97. The summed E-state index contributed by atoms with van der Waals surface area (Å²) in [4.78, 5) is 0. The number of hydrogen-bond acceptors (Lipinski definition) is 2. The lowest BCUT2D eigenvalue weighted by molar-refractivity contribution is 0.615. The summed E-state index contributed by atoms with van der Waals surface area (Å²) >= 11 is 0. The second-order valence-corrected chi connectivity index (χ2v) is 5.13. The largest absolute Gasteiger partial charge is 0.456 e. The van der Waals surface area contributed by atoms with Gasteiger partial charge < -0.3 is 9.44 Å². The molecule has 1 aromatic heterocycles. The van der Waals surface area contributed by atoms with Gasteiger partial charge in [-0.3, -0.25) is 0 Å². The minimum absolute atomic E-state index is 0.0202. The average Bonchev–Trinajstić information content (AvgIpc) is 2.93. The molecule has 0 fully saturated rings. The highest BCUT2D eigenvalue weighted by Crippen LogP contribution is 2.31. The minimum Gasteiger partial charge on any atom is -0.456 e. The standard InChI is InChI=1S/C18H13BO2/c20-19-15-7-4-8-16-18(15)14-10-9-13(11-17(14)21-16)12-5-2-1-3-6-12/h1-11,19-20H. The molecule has 0 saturated heterocycles. The summed E-state index contributed by atoms with van der Waals surface area (Å²) in [5, 5.41) is 11.6. The highest BCUT2D eigenvalue weighted by Gasteiger charge is 2.11. The number of rotatable bonds is 2. The molecule has 0 saturated carbocycles. The van der Waals surface area contributed by atoms with E-state index in [0.717, 1.165) is 33.0 Å². The molecule has 4 aromatic rings. The molecule has 0 aliphatic carbocycles. The van der Waals surface area contributed by atoms with Crippen molar-refractivity contribution in [1.29, 1.82) is 0 Å². The normalized spacial score (nSPS) is 11.1. The molecule has 3 aromatic carbocycles. The van der Waals surface area contributed by atoms with E-state index in [-0.39, 0.29) is 7.48 Å². The first-order valence-electron chi connectivity index (χ1n) is 6.97. The summed E-state index contributed by atoms with van der Waals surface area (Å²) in [5.74, 6) is 0. The van der Waals surface area contributed by atoms with Crippen molar-refractivity contribution < 1.29 is 9.44 Å². The molecule has 0 amide bonds. The summed E-state index contributed by atoms with van der Waals surface area (Å²) in [6.45, 7) is 0. The molecule has 0 radical (unpaired) electrons. The molecule has 0 spiro atoms. The number of furan rings is 1. The Hall–Kier alpha value is -2.52. The van der Waals surface area contributed by atoms with Crippen LogP contribution in [0.3, 0.4) is 0 Å². The number of benzene rings is 3. The average molecular weight is 272 g/mol. The first-order chi connectivity index (χ1) is 10.4. The van der Waals surface area contributed by atoms with Crippen LogP contribution in [-0.2, 0) is 0 Å². The summed E-state index contributed by atoms with van der Waals surface area (Å²) < 4.78 is 5.95. The zero-order valence-electron chi connectivity index (χ0n) is 11.4. The van der Waals surface area contributed by atoms with Gasteiger partial charge in [-0.15, -0.1) is 0 Å². The molecule has 0 atom stereocenters. The highest BCUT2D eigenvalue weighted by molar-refractivity contribution is 6.51. The van der Waals surface area contributed by atoms with Gasteiger partial charge in [0, 0.05) is 10.8 Å². The van der Waals surface area contributed by atoms with Crippen LogP contribution in [0.15, 0.2) is 71.1 Å². The minimum atomic E-state index is 0.0202. The van der Waals surface area contributed by atoms with Crippen LogP contribution >= 0.6 is 0 Å². The fourth-order valence-electron chi connectivity index (χ4n) is 2.84. The van der Waals surface area contributed by atoms with E-state index in [1.165, 1.54) is 5.56 Å². The van der Waals surface area contributed by atoms with E-state index in [1.54, 1.807) is 0 Å². The molecule has 1 heterocycles. The van der Waals surface area contributed by atoms with E-state index in [2.05, 4.69) is 30.3 Å². The van der Waals surface area contributed by atoms with Crippen molar-refractivity contribution in [3.63, 3.8) is 0 Å². The van der Waals surface area contributed by atoms with Crippen LogP contribution in [0.25, 0.3) is 33.1 Å². The van der Waals surface area contributed by atoms with E-state index in [1.807, 2.05) is 36.4 Å². The second-order valence-electron chi connectivity index (χ2n) is 5.13. The van der Waals surface area contributed by atoms with Crippen LogP contribution in [0, 0.1) is 0 Å². The zero-order chi connectivity index (χ0) is 14.2. The Morgan fingerprint density at radius 2 is 1.62 bits per heavy atom. The molecule has 1 N–H and O–H groups in total. The van der Waals surface area contributed by atoms with Gasteiger partial charge in [-0.05, 0) is 34.8 Å². The fourth-order valence-corrected chi connectivity index (χ4v) is 2.84. The predicted molar refractivity (Wildman–Crippen MR) is 88.2 cm³/mol. The predicted octanol–water partition coefficient (Wildman–Crippen LogP) is 3.22. The van der Waals surface area contributed by atoms with Crippen molar-refractivity contribution in [3.05, 3.63) is 66.7 Å². The molecule has 3 heteroatoms. The van der Waals surface area contributed by atoms with E-state index >= 15 is 0 Å². The maximum atomic E-state index is 9.50. The quantitative estimate of drug-likeness (QED) is 0.568. The third-order valence-electron chi connectivity index (χ3n) is 3.86. The lowest BCUT2D eigenvalue weighted by Crippen LogP contribution is -2.13. The van der Waals surface area contributed by atoms with Gasteiger partial charge in [-0.1, -0.05) is 48.5 Å². The summed E-state index contributed by atoms with van der Waals surface area (Å²) in [7, 11) is 0.0202. The SMILES string of the molecule is OBc1cccc2oc3cc(-c4ccccc4)ccc3c12. The summed E-state index contributed by atoms with van der Waals surface area (Å²) in [5.41, 5.74) is 4.88. The van der Waals surface area contributed by atoms with E-state index in [0.29, 0.717) is 0 Å². The van der Waals surface area contributed by atoms with Gasteiger partial charge in [0.2, 0.25) is 0 Å². The van der Waals surface area contributed by atoms with Gasteiger partial charge in [-0.25, -0.2) is 0 Å². The Morgan fingerprint density at radius 1 is 0.762 bits per heavy atom. The Balaban J connectivity index is 1.99. The Morgan fingerprint density at radius 3 is 2.43 bits per heavy atom. The smallest absolute Gasteiger partial charge is 0.305 e. The Bertz CT molecular complexity index is 926. The van der Waals surface area contributed by atoms with Crippen LogP contribution in [0.2, 0.25) is 0 Å². The molecule has 2 nitrogen and oxygen atoms in total. The van der Waals surface area contributed by atoms with Gasteiger partial charge in [0.15, 0.2) is 0 Å². The maximum absolute atomic E-state index is 9.50. The second kappa shape index (κ2) is 4.79. The first kappa shape index (κ1) is 12.2. The molecule has 0 bridgehead atoms. The van der Waals surface area contributed by atoms with Crippen molar-refractivity contribution in [2.45, 2.75) is 0 Å². The van der Waals surface area contributed by atoms with Crippen LogP contribution in [0.1, 0.15) is 0 Å². The van der Waals surface area contributed by atoms with Crippen LogP contribution in [0.5, 0.6) is 0 Å². The van der Waals surface area contributed by atoms with Crippen molar-refractivity contribution in [2.75, 3.05) is 0 Å². The van der Waals surface area contributed by atoms with Gasteiger partial charge in [0.25, 0.3) is 0 Å². The van der Waals surface area contributed by atoms with Crippen molar-refractivity contribution >= 4 is 34.9 Å². The third-order valence-corrected chi connectivity index (χ3v) is 3.86. The topological polar surface area (TPSA) is 33.4 Å². The molecule has 0 unspecified atom stereocenters. The maximum Gasteiger partial charge on any atom is 0.305 e. The van der Waals surface area contributed by atoms with E-state index < -0.39 is 0 Å². The van der Waals surface area contributed by atoms with Gasteiger partial charge in [0.1, 0.15) is 11.2 Å². The molecular weight excluding hydrogens is 259 g/mol. The van der Waals surface area contributed by atoms with Crippen molar-refractivity contribution in [3.8, 4) is 11.1 Å². The number of hydrogen-bond donors (Lipinski definition) is 1. The van der Waals surface area contributed by atoms with E-state index in [4.69, 9.17) is 4.42 Å². The van der Waals surface area contributed by atoms with E-state index in [9.17, 15) is 5.02 Å². The Labute approximate surface area is 122 Å².